The first-order valence-electron chi connectivity index (χ1n) is 5.67. The number of hydrogen-bond donors (Lipinski definition) is 1. The van der Waals surface area contributed by atoms with Crippen molar-refractivity contribution in [2.45, 2.75) is 26.7 Å². The van der Waals surface area contributed by atoms with Gasteiger partial charge in [0.15, 0.2) is 0 Å². The molecule has 1 unspecified atom stereocenters. The van der Waals surface area contributed by atoms with Crippen molar-refractivity contribution in [1.82, 2.24) is 0 Å². The van der Waals surface area contributed by atoms with Crippen molar-refractivity contribution in [3.05, 3.63) is 34.1 Å². The molecule has 0 aliphatic carbocycles. The van der Waals surface area contributed by atoms with Gasteiger partial charge in [-0.25, -0.2) is 4.39 Å². The summed E-state index contributed by atoms with van der Waals surface area (Å²) >= 11 is 3.20. The van der Waals surface area contributed by atoms with Crippen LogP contribution in [0.2, 0.25) is 0 Å². The molecule has 0 aliphatic rings. The average molecular weight is 288 g/mol. The lowest BCUT2D eigenvalue weighted by Gasteiger charge is -2.17. The van der Waals surface area contributed by atoms with Gasteiger partial charge < -0.3 is 5.73 Å². The maximum absolute atomic E-state index is 13.1. The number of hydrogen-bond acceptors (Lipinski definition) is 1. The highest BCUT2D eigenvalue weighted by atomic mass is 79.9. The van der Waals surface area contributed by atoms with Crippen molar-refractivity contribution in [3.63, 3.8) is 0 Å². The van der Waals surface area contributed by atoms with Gasteiger partial charge in [-0.15, -0.1) is 0 Å². The molecule has 3 heteroatoms. The van der Waals surface area contributed by atoms with Gasteiger partial charge in [-0.2, -0.15) is 0 Å². The van der Waals surface area contributed by atoms with Crippen LogP contribution in [0.5, 0.6) is 0 Å². The fraction of sp³-hybridized carbons (Fsp3) is 0.538. The Morgan fingerprint density at radius 3 is 2.56 bits per heavy atom. The van der Waals surface area contributed by atoms with Crippen molar-refractivity contribution in [2.24, 2.45) is 17.6 Å². The van der Waals surface area contributed by atoms with Crippen LogP contribution in [0, 0.1) is 17.7 Å². The largest absolute Gasteiger partial charge is 0.330 e. The zero-order valence-corrected chi connectivity index (χ0v) is 11.4. The van der Waals surface area contributed by atoms with Crippen LogP contribution < -0.4 is 5.73 Å². The van der Waals surface area contributed by atoms with Crippen molar-refractivity contribution in [1.29, 1.82) is 0 Å². The van der Waals surface area contributed by atoms with Crippen molar-refractivity contribution in [2.75, 3.05) is 6.54 Å². The van der Waals surface area contributed by atoms with Gasteiger partial charge in [-0.05, 0) is 64.8 Å². The van der Waals surface area contributed by atoms with Crippen LogP contribution in [0.3, 0.4) is 0 Å². The summed E-state index contributed by atoms with van der Waals surface area (Å²) in [7, 11) is 0. The van der Waals surface area contributed by atoms with Gasteiger partial charge in [-0.3, -0.25) is 0 Å². The highest BCUT2D eigenvalue weighted by Crippen LogP contribution is 2.21. The molecule has 0 radical (unpaired) electrons. The molecule has 0 saturated heterocycles. The highest BCUT2D eigenvalue weighted by Gasteiger charge is 2.11. The summed E-state index contributed by atoms with van der Waals surface area (Å²) in [6, 6.07) is 5.18. The van der Waals surface area contributed by atoms with E-state index in [1.807, 2.05) is 12.1 Å². The SMILES string of the molecule is CC(C)CC(CN)Cc1ccc(F)c(Br)c1. The Bertz CT molecular complexity index is 339. The molecule has 0 amide bonds. The molecular formula is C13H19BrFN. The van der Waals surface area contributed by atoms with Crippen LogP contribution in [-0.4, -0.2) is 6.54 Å². The van der Waals surface area contributed by atoms with E-state index >= 15 is 0 Å². The average Bonchev–Trinajstić information content (AvgIpc) is 2.22. The van der Waals surface area contributed by atoms with Gasteiger partial charge in [0, 0.05) is 0 Å². The number of halogens is 2. The maximum atomic E-state index is 13.1. The van der Waals surface area contributed by atoms with Gasteiger partial charge in [-0.1, -0.05) is 19.9 Å². The minimum Gasteiger partial charge on any atom is -0.330 e. The number of rotatable bonds is 5. The molecule has 2 N–H and O–H groups in total. The fourth-order valence-electron chi connectivity index (χ4n) is 1.93. The molecule has 0 spiro atoms. The Morgan fingerprint density at radius 1 is 1.38 bits per heavy atom. The Morgan fingerprint density at radius 2 is 2.06 bits per heavy atom. The third kappa shape index (κ3) is 4.22. The lowest BCUT2D eigenvalue weighted by molar-refractivity contribution is 0.415. The molecule has 0 saturated carbocycles. The highest BCUT2D eigenvalue weighted by molar-refractivity contribution is 9.10. The lowest BCUT2D eigenvalue weighted by atomic mass is 9.91. The lowest BCUT2D eigenvalue weighted by Crippen LogP contribution is -2.18. The molecule has 0 fully saturated rings. The molecule has 1 aromatic rings. The number of benzene rings is 1. The summed E-state index contributed by atoms with van der Waals surface area (Å²) in [4.78, 5) is 0. The molecule has 16 heavy (non-hydrogen) atoms. The molecule has 1 atom stereocenters. The molecule has 1 rings (SSSR count). The molecule has 0 aromatic heterocycles. The third-order valence-corrected chi connectivity index (χ3v) is 3.25. The standard InChI is InChI=1S/C13H19BrFN/c1-9(2)5-11(8-16)6-10-3-4-13(15)12(14)7-10/h3-4,7,9,11H,5-6,8,16H2,1-2H3. The van der Waals surface area contributed by atoms with E-state index in [1.54, 1.807) is 0 Å². The van der Waals surface area contributed by atoms with Gasteiger partial charge in [0.1, 0.15) is 5.82 Å². The normalized spacial score (nSPS) is 13.1. The van der Waals surface area contributed by atoms with Gasteiger partial charge in [0.25, 0.3) is 0 Å². The first kappa shape index (κ1) is 13.7. The van der Waals surface area contributed by atoms with E-state index in [9.17, 15) is 4.39 Å². The maximum Gasteiger partial charge on any atom is 0.137 e. The Balaban J connectivity index is 2.66. The zero-order chi connectivity index (χ0) is 12.1. The minimum absolute atomic E-state index is 0.211. The summed E-state index contributed by atoms with van der Waals surface area (Å²) in [5, 5.41) is 0. The van der Waals surface area contributed by atoms with E-state index < -0.39 is 0 Å². The van der Waals surface area contributed by atoms with Crippen LogP contribution in [0.25, 0.3) is 0 Å². The molecule has 0 heterocycles. The van der Waals surface area contributed by atoms with Crippen LogP contribution in [0.15, 0.2) is 22.7 Å². The second-order valence-electron chi connectivity index (χ2n) is 4.68. The Kier molecular flexibility index (Phi) is 5.42. The smallest absolute Gasteiger partial charge is 0.137 e. The van der Waals surface area contributed by atoms with Crippen molar-refractivity contribution >= 4 is 15.9 Å². The Labute approximate surface area is 105 Å². The summed E-state index contributed by atoms with van der Waals surface area (Å²) in [6.45, 7) is 5.08. The monoisotopic (exact) mass is 287 g/mol. The van der Waals surface area contributed by atoms with Crippen LogP contribution in [-0.2, 0) is 6.42 Å². The minimum atomic E-state index is -0.211. The first-order valence-corrected chi connectivity index (χ1v) is 6.46. The first-order chi connectivity index (χ1) is 7.52. The summed E-state index contributed by atoms with van der Waals surface area (Å²) in [5.41, 5.74) is 6.89. The van der Waals surface area contributed by atoms with E-state index in [-0.39, 0.29) is 5.82 Å². The second-order valence-corrected chi connectivity index (χ2v) is 5.54. The van der Waals surface area contributed by atoms with Crippen LogP contribution in [0.4, 0.5) is 4.39 Å². The third-order valence-electron chi connectivity index (χ3n) is 2.65. The summed E-state index contributed by atoms with van der Waals surface area (Å²) < 4.78 is 13.6. The molecule has 90 valence electrons. The van der Waals surface area contributed by atoms with E-state index in [1.165, 1.54) is 6.07 Å². The van der Waals surface area contributed by atoms with E-state index in [0.29, 0.717) is 22.9 Å². The van der Waals surface area contributed by atoms with E-state index in [0.717, 1.165) is 18.4 Å². The van der Waals surface area contributed by atoms with Crippen molar-refractivity contribution in [3.8, 4) is 0 Å². The molecule has 0 aliphatic heterocycles. The van der Waals surface area contributed by atoms with Crippen molar-refractivity contribution < 1.29 is 4.39 Å². The Hall–Kier alpha value is -0.410. The second kappa shape index (κ2) is 6.36. The molecular weight excluding hydrogens is 269 g/mol. The molecule has 1 nitrogen and oxygen atoms in total. The predicted octanol–water partition coefficient (Wildman–Crippen LogP) is 3.75. The van der Waals surface area contributed by atoms with E-state index in [2.05, 4.69) is 29.8 Å². The quantitative estimate of drug-likeness (QED) is 0.877. The predicted molar refractivity (Wildman–Crippen MR) is 69.8 cm³/mol. The van der Waals surface area contributed by atoms with E-state index in [4.69, 9.17) is 5.73 Å². The van der Waals surface area contributed by atoms with Crippen LogP contribution in [0.1, 0.15) is 25.8 Å². The summed E-state index contributed by atoms with van der Waals surface area (Å²) in [6.07, 6.45) is 2.04. The number of nitrogens with two attached hydrogens (primary N) is 1. The zero-order valence-electron chi connectivity index (χ0n) is 9.84. The summed E-state index contributed by atoms with van der Waals surface area (Å²) in [5.74, 6) is 0.923. The topological polar surface area (TPSA) is 26.0 Å². The van der Waals surface area contributed by atoms with Gasteiger partial charge in [0.05, 0.1) is 4.47 Å². The van der Waals surface area contributed by atoms with Gasteiger partial charge >= 0.3 is 0 Å². The van der Waals surface area contributed by atoms with Crippen LogP contribution >= 0.6 is 15.9 Å². The molecule has 1 aromatic carbocycles. The van der Waals surface area contributed by atoms with Gasteiger partial charge in [0.2, 0.25) is 0 Å². The molecule has 0 bridgehead atoms. The fourth-order valence-corrected chi connectivity index (χ4v) is 2.36.